The Hall–Kier alpha value is -0.740. The molecule has 3 nitrogen and oxygen atoms in total. The zero-order valence-electron chi connectivity index (χ0n) is 9.92. The predicted molar refractivity (Wildman–Crippen MR) is 70.4 cm³/mol. The van der Waals surface area contributed by atoms with Gasteiger partial charge in [-0.25, -0.2) is 0 Å². The minimum absolute atomic E-state index is 0.204. The van der Waals surface area contributed by atoms with E-state index in [1.54, 1.807) is 26.0 Å². The third-order valence-electron chi connectivity index (χ3n) is 2.22. The maximum Gasteiger partial charge on any atom is 0.314 e. The number of ether oxygens (including phenoxy) is 2. The van der Waals surface area contributed by atoms with E-state index in [4.69, 9.17) is 21.1 Å². The highest BCUT2D eigenvalue weighted by molar-refractivity contribution is 9.10. The van der Waals surface area contributed by atoms with Gasteiger partial charge < -0.3 is 9.47 Å². The lowest BCUT2D eigenvalue weighted by Crippen LogP contribution is -2.32. The highest BCUT2D eigenvalue weighted by Crippen LogP contribution is 2.29. The molecule has 0 N–H and O–H groups in total. The number of benzene rings is 1. The van der Waals surface area contributed by atoms with Crippen LogP contribution in [-0.2, 0) is 9.53 Å². The molecular formula is C12H14BrClO3. The van der Waals surface area contributed by atoms with Crippen molar-refractivity contribution >= 4 is 33.5 Å². The van der Waals surface area contributed by atoms with Crippen LogP contribution in [0.5, 0.6) is 5.75 Å². The summed E-state index contributed by atoms with van der Waals surface area (Å²) >= 11 is 9.31. The molecule has 0 aliphatic carbocycles. The SMILES string of the molecule is COC(=O)C(C)(C)COc1cc(Br)ccc1Cl. The van der Waals surface area contributed by atoms with Gasteiger partial charge in [-0.05, 0) is 32.0 Å². The lowest BCUT2D eigenvalue weighted by molar-refractivity contribution is -0.152. The van der Waals surface area contributed by atoms with Crippen molar-refractivity contribution in [1.82, 2.24) is 0 Å². The number of methoxy groups -OCH3 is 1. The standard InChI is InChI=1S/C12H14BrClO3/c1-12(2,11(15)16-3)7-17-10-6-8(13)4-5-9(10)14/h4-6H,7H2,1-3H3. The van der Waals surface area contributed by atoms with Gasteiger partial charge in [0.15, 0.2) is 0 Å². The van der Waals surface area contributed by atoms with E-state index in [9.17, 15) is 4.79 Å². The van der Waals surface area contributed by atoms with Crippen molar-refractivity contribution in [2.45, 2.75) is 13.8 Å². The van der Waals surface area contributed by atoms with Crippen LogP contribution < -0.4 is 4.74 Å². The van der Waals surface area contributed by atoms with E-state index in [2.05, 4.69) is 15.9 Å². The number of halogens is 2. The molecule has 0 atom stereocenters. The van der Waals surface area contributed by atoms with Gasteiger partial charge in [-0.2, -0.15) is 0 Å². The van der Waals surface area contributed by atoms with Crippen molar-refractivity contribution in [2.24, 2.45) is 5.41 Å². The second kappa shape index (κ2) is 5.74. The van der Waals surface area contributed by atoms with E-state index in [0.717, 1.165) is 4.47 Å². The first kappa shape index (κ1) is 14.3. The summed E-state index contributed by atoms with van der Waals surface area (Å²) in [5.74, 6) is 0.224. The minimum atomic E-state index is -0.708. The quantitative estimate of drug-likeness (QED) is 0.794. The van der Waals surface area contributed by atoms with Crippen molar-refractivity contribution in [1.29, 1.82) is 0 Å². The molecule has 0 heterocycles. The number of hydrogen-bond acceptors (Lipinski definition) is 3. The van der Waals surface area contributed by atoms with Crippen LogP contribution in [0.4, 0.5) is 0 Å². The molecule has 0 amide bonds. The summed E-state index contributed by atoms with van der Waals surface area (Å²) in [4.78, 5) is 11.5. The van der Waals surface area contributed by atoms with Gasteiger partial charge in [0.2, 0.25) is 0 Å². The van der Waals surface area contributed by atoms with E-state index in [1.807, 2.05) is 6.07 Å². The van der Waals surface area contributed by atoms with Gasteiger partial charge in [0.25, 0.3) is 0 Å². The van der Waals surface area contributed by atoms with Crippen molar-refractivity contribution in [3.05, 3.63) is 27.7 Å². The number of hydrogen-bond donors (Lipinski definition) is 0. The number of carbonyl (C=O) groups is 1. The molecule has 0 fully saturated rings. The maximum atomic E-state index is 11.5. The van der Waals surface area contributed by atoms with Crippen molar-refractivity contribution in [3.63, 3.8) is 0 Å². The molecule has 0 bridgehead atoms. The molecule has 94 valence electrons. The van der Waals surface area contributed by atoms with E-state index in [0.29, 0.717) is 10.8 Å². The van der Waals surface area contributed by atoms with E-state index in [1.165, 1.54) is 7.11 Å². The third kappa shape index (κ3) is 3.89. The zero-order valence-corrected chi connectivity index (χ0v) is 12.3. The molecule has 0 radical (unpaired) electrons. The molecule has 0 saturated carbocycles. The van der Waals surface area contributed by atoms with Gasteiger partial charge in [-0.3, -0.25) is 4.79 Å². The predicted octanol–water partition coefficient (Wildman–Crippen LogP) is 3.68. The van der Waals surface area contributed by atoms with Crippen LogP contribution in [0.2, 0.25) is 5.02 Å². The maximum absolute atomic E-state index is 11.5. The second-order valence-corrected chi connectivity index (χ2v) is 5.56. The zero-order chi connectivity index (χ0) is 13.1. The molecule has 1 aromatic carbocycles. The van der Waals surface area contributed by atoms with Crippen LogP contribution in [0.15, 0.2) is 22.7 Å². The molecule has 0 aromatic heterocycles. The molecule has 1 aromatic rings. The Morgan fingerprint density at radius 2 is 2.12 bits per heavy atom. The third-order valence-corrected chi connectivity index (χ3v) is 3.03. The summed E-state index contributed by atoms with van der Waals surface area (Å²) in [5, 5.41) is 0.508. The van der Waals surface area contributed by atoms with Crippen LogP contribution >= 0.6 is 27.5 Å². The van der Waals surface area contributed by atoms with Crippen LogP contribution in [0.25, 0.3) is 0 Å². The van der Waals surface area contributed by atoms with Crippen LogP contribution in [0.3, 0.4) is 0 Å². The van der Waals surface area contributed by atoms with Crippen LogP contribution in [0.1, 0.15) is 13.8 Å². The molecule has 0 aliphatic heterocycles. The number of rotatable bonds is 4. The van der Waals surface area contributed by atoms with Gasteiger partial charge in [-0.1, -0.05) is 27.5 Å². The van der Waals surface area contributed by atoms with Gasteiger partial charge >= 0.3 is 5.97 Å². The van der Waals surface area contributed by atoms with Crippen LogP contribution in [0, 0.1) is 5.41 Å². The Labute approximate surface area is 114 Å². The molecule has 0 spiro atoms. The lowest BCUT2D eigenvalue weighted by Gasteiger charge is -2.22. The lowest BCUT2D eigenvalue weighted by atomic mass is 9.95. The minimum Gasteiger partial charge on any atom is -0.491 e. The molecule has 0 unspecified atom stereocenters. The van der Waals surface area contributed by atoms with E-state index >= 15 is 0 Å². The molecule has 0 aliphatic rings. The van der Waals surface area contributed by atoms with Crippen molar-refractivity contribution < 1.29 is 14.3 Å². The highest BCUT2D eigenvalue weighted by Gasteiger charge is 2.30. The Kier molecular flexibility index (Phi) is 4.83. The second-order valence-electron chi connectivity index (χ2n) is 4.24. The fourth-order valence-electron chi connectivity index (χ4n) is 1.18. The summed E-state index contributed by atoms with van der Waals surface area (Å²) in [6.45, 7) is 3.71. The Bertz CT molecular complexity index is 418. The monoisotopic (exact) mass is 320 g/mol. The largest absolute Gasteiger partial charge is 0.491 e. The molecule has 0 saturated heterocycles. The van der Waals surface area contributed by atoms with Gasteiger partial charge in [0.05, 0.1) is 17.5 Å². The van der Waals surface area contributed by atoms with E-state index < -0.39 is 5.41 Å². The summed E-state index contributed by atoms with van der Waals surface area (Å²) in [7, 11) is 1.36. The molecule has 1 rings (SSSR count). The molecule has 5 heteroatoms. The summed E-state index contributed by atoms with van der Waals surface area (Å²) in [6.07, 6.45) is 0. The van der Waals surface area contributed by atoms with Crippen LogP contribution in [-0.4, -0.2) is 19.7 Å². The average molecular weight is 322 g/mol. The Morgan fingerprint density at radius 1 is 1.47 bits per heavy atom. The number of carbonyl (C=O) groups excluding carboxylic acids is 1. The Balaban J connectivity index is 2.73. The highest BCUT2D eigenvalue weighted by atomic mass is 79.9. The van der Waals surface area contributed by atoms with Gasteiger partial charge in [-0.15, -0.1) is 0 Å². The van der Waals surface area contributed by atoms with Crippen molar-refractivity contribution in [3.8, 4) is 5.75 Å². The normalized spacial score (nSPS) is 11.1. The summed E-state index contributed by atoms with van der Waals surface area (Å²) in [6, 6.07) is 5.31. The van der Waals surface area contributed by atoms with E-state index in [-0.39, 0.29) is 12.6 Å². The molecule has 17 heavy (non-hydrogen) atoms. The van der Waals surface area contributed by atoms with Crippen molar-refractivity contribution in [2.75, 3.05) is 13.7 Å². The fourth-order valence-corrected chi connectivity index (χ4v) is 1.69. The summed E-state index contributed by atoms with van der Waals surface area (Å²) < 4.78 is 11.1. The first-order valence-corrected chi connectivity index (χ1v) is 6.20. The van der Waals surface area contributed by atoms with Gasteiger partial charge in [0.1, 0.15) is 12.4 Å². The first-order chi connectivity index (χ1) is 7.86. The average Bonchev–Trinajstić information content (AvgIpc) is 2.29. The molecular weight excluding hydrogens is 307 g/mol. The first-order valence-electron chi connectivity index (χ1n) is 5.03. The number of esters is 1. The smallest absolute Gasteiger partial charge is 0.314 e. The topological polar surface area (TPSA) is 35.5 Å². The van der Waals surface area contributed by atoms with Gasteiger partial charge in [0, 0.05) is 4.47 Å². The fraction of sp³-hybridized carbons (Fsp3) is 0.417. The Morgan fingerprint density at radius 3 is 2.71 bits per heavy atom. The summed E-state index contributed by atoms with van der Waals surface area (Å²) in [5.41, 5.74) is -0.708.